The fraction of sp³-hybridized carbons (Fsp3) is 0.133. The molecule has 122 valence electrons. The Kier molecular flexibility index (Phi) is 5.67. The van der Waals surface area contributed by atoms with Gasteiger partial charge < -0.3 is 11.1 Å². The SMILES string of the molecule is Br.NC1C(=O)Nc2cc(Cl)ccc2SC1c1cc(F)ccc1F. The van der Waals surface area contributed by atoms with Gasteiger partial charge in [-0.1, -0.05) is 11.6 Å². The first kappa shape index (κ1) is 18.2. The molecule has 2 atom stereocenters. The van der Waals surface area contributed by atoms with Crippen molar-refractivity contribution < 1.29 is 13.6 Å². The topological polar surface area (TPSA) is 55.1 Å². The van der Waals surface area contributed by atoms with Crippen LogP contribution in [-0.4, -0.2) is 11.9 Å². The van der Waals surface area contributed by atoms with Gasteiger partial charge in [-0.25, -0.2) is 8.78 Å². The molecule has 3 N–H and O–H groups in total. The number of nitrogens with two attached hydrogens (primary N) is 1. The number of carbonyl (C=O) groups excluding carboxylic acids is 1. The lowest BCUT2D eigenvalue weighted by Gasteiger charge is -2.20. The molecule has 0 spiro atoms. The maximum absolute atomic E-state index is 14.0. The Morgan fingerprint density at radius 2 is 1.91 bits per heavy atom. The smallest absolute Gasteiger partial charge is 0.242 e. The zero-order valence-electron chi connectivity index (χ0n) is 11.6. The molecule has 2 aromatic carbocycles. The first-order valence-electron chi connectivity index (χ1n) is 6.43. The lowest BCUT2D eigenvalue weighted by Crippen LogP contribution is -2.38. The van der Waals surface area contributed by atoms with Crippen molar-refractivity contribution in [3.8, 4) is 0 Å². The molecule has 3 rings (SSSR count). The van der Waals surface area contributed by atoms with Crippen LogP contribution >= 0.6 is 40.3 Å². The maximum Gasteiger partial charge on any atom is 0.242 e. The molecule has 3 nitrogen and oxygen atoms in total. The number of rotatable bonds is 1. The summed E-state index contributed by atoms with van der Waals surface area (Å²) in [5.74, 6) is -1.65. The number of hydrogen-bond acceptors (Lipinski definition) is 3. The van der Waals surface area contributed by atoms with E-state index in [4.69, 9.17) is 17.3 Å². The number of hydrogen-bond donors (Lipinski definition) is 2. The summed E-state index contributed by atoms with van der Waals surface area (Å²) in [5, 5.41) is 2.39. The van der Waals surface area contributed by atoms with Crippen molar-refractivity contribution in [2.75, 3.05) is 5.32 Å². The zero-order valence-corrected chi connectivity index (χ0v) is 14.8. The number of amides is 1. The number of anilines is 1. The lowest BCUT2D eigenvalue weighted by atomic mass is 10.0. The Hall–Kier alpha value is -1.15. The van der Waals surface area contributed by atoms with E-state index >= 15 is 0 Å². The predicted octanol–water partition coefficient (Wildman–Crippen LogP) is 4.31. The van der Waals surface area contributed by atoms with Gasteiger partial charge in [-0.05, 0) is 36.4 Å². The van der Waals surface area contributed by atoms with Gasteiger partial charge in [0.2, 0.25) is 5.91 Å². The molecule has 23 heavy (non-hydrogen) atoms. The van der Waals surface area contributed by atoms with Crippen LogP contribution in [0, 0.1) is 11.6 Å². The van der Waals surface area contributed by atoms with E-state index in [0.29, 0.717) is 15.6 Å². The molecule has 0 radical (unpaired) electrons. The highest BCUT2D eigenvalue weighted by Gasteiger charge is 2.33. The van der Waals surface area contributed by atoms with Crippen LogP contribution in [0.4, 0.5) is 14.5 Å². The monoisotopic (exact) mass is 420 g/mol. The Labute approximate surface area is 151 Å². The van der Waals surface area contributed by atoms with E-state index in [2.05, 4.69) is 5.32 Å². The van der Waals surface area contributed by atoms with Crippen LogP contribution in [0.15, 0.2) is 41.3 Å². The number of thioether (sulfide) groups is 1. The first-order chi connectivity index (χ1) is 10.5. The van der Waals surface area contributed by atoms with Gasteiger partial charge in [0, 0.05) is 15.5 Å². The summed E-state index contributed by atoms with van der Waals surface area (Å²) in [7, 11) is 0. The third-order valence-electron chi connectivity index (χ3n) is 3.35. The summed E-state index contributed by atoms with van der Waals surface area (Å²) in [4.78, 5) is 12.9. The van der Waals surface area contributed by atoms with Crippen molar-refractivity contribution in [1.82, 2.24) is 0 Å². The molecule has 2 aromatic rings. The minimum Gasteiger partial charge on any atom is -0.324 e. The second kappa shape index (κ2) is 7.17. The summed E-state index contributed by atoms with van der Waals surface area (Å²) >= 11 is 7.11. The highest BCUT2D eigenvalue weighted by atomic mass is 79.9. The van der Waals surface area contributed by atoms with Crippen LogP contribution in [0.3, 0.4) is 0 Å². The average Bonchev–Trinajstić information content (AvgIpc) is 2.59. The largest absolute Gasteiger partial charge is 0.324 e. The number of nitrogens with one attached hydrogen (secondary N) is 1. The molecule has 0 aliphatic carbocycles. The predicted molar refractivity (Wildman–Crippen MR) is 93.3 cm³/mol. The van der Waals surface area contributed by atoms with Crippen molar-refractivity contribution >= 4 is 51.9 Å². The van der Waals surface area contributed by atoms with Crippen molar-refractivity contribution in [1.29, 1.82) is 0 Å². The summed E-state index contributed by atoms with van der Waals surface area (Å²) in [6.07, 6.45) is 0. The van der Waals surface area contributed by atoms with Gasteiger partial charge in [-0.15, -0.1) is 28.7 Å². The van der Waals surface area contributed by atoms with Gasteiger partial charge in [-0.3, -0.25) is 4.79 Å². The normalized spacial score (nSPS) is 20.1. The third kappa shape index (κ3) is 3.68. The van der Waals surface area contributed by atoms with Crippen LogP contribution in [0.1, 0.15) is 10.8 Å². The number of halogens is 4. The fourth-order valence-corrected chi connectivity index (χ4v) is 3.66. The molecule has 2 unspecified atom stereocenters. The molecule has 1 aliphatic heterocycles. The van der Waals surface area contributed by atoms with Crippen molar-refractivity contribution in [2.24, 2.45) is 5.73 Å². The van der Waals surface area contributed by atoms with E-state index in [9.17, 15) is 13.6 Å². The molecule has 1 aliphatic rings. The Morgan fingerprint density at radius 3 is 2.65 bits per heavy atom. The van der Waals surface area contributed by atoms with Gasteiger partial charge in [0.05, 0.1) is 10.9 Å². The van der Waals surface area contributed by atoms with Crippen LogP contribution < -0.4 is 11.1 Å². The highest BCUT2D eigenvalue weighted by molar-refractivity contribution is 8.93. The minimum atomic E-state index is -1.02. The third-order valence-corrected chi connectivity index (χ3v) is 4.99. The van der Waals surface area contributed by atoms with E-state index in [1.54, 1.807) is 18.2 Å². The van der Waals surface area contributed by atoms with Gasteiger partial charge in [0.1, 0.15) is 17.7 Å². The summed E-state index contributed by atoms with van der Waals surface area (Å²) in [6.45, 7) is 0. The Balaban J connectivity index is 0.00000192. The molecule has 0 aromatic heterocycles. The molecular formula is C15H12BrClF2N2OS. The average molecular weight is 422 g/mol. The second-order valence-electron chi connectivity index (χ2n) is 4.86. The zero-order chi connectivity index (χ0) is 15.9. The van der Waals surface area contributed by atoms with Gasteiger partial charge in [0.15, 0.2) is 0 Å². The van der Waals surface area contributed by atoms with Crippen LogP contribution in [0.2, 0.25) is 5.02 Å². The fourth-order valence-electron chi connectivity index (χ4n) is 2.26. The van der Waals surface area contributed by atoms with E-state index in [1.807, 2.05) is 0 Å². The summed E-state index contributed by atoms with van der Waals surface area (Å²) in [5.41, 5.74) is 6.51. The molecule has 0 bridgehead atoms. The van der Waals surface area contributed by atoms with Crippen LogP contribution in [0.25, 0.3) is 0 Å². The van der Waals surface area contributed by atoms with Gasteiger partial charge >= 0.3 is 0 Å². The van der Waals surface area contributed by atoms with Crippen molar-refractivity contribution in [2.45, 2.75) is 16.2 Å². The minimum absolute atomic E-state index is 0. The van der Waals surface area contributed by atoms with Crippen LogP contribution in [-0.2, 0) is 4.79 Å². The standard InChI is InChI=1S/C15H11ClF2N2OS.BrH/c16-7-1-4-12-11(5-7)20-15(21)13(19)14(22-12)9-6-8(17)2-3-10(9)18;/h1-6,13-14H,19H2,(H,20,21);1H. The molecule has 0 saturated carbocycles. The molecule has 1 heterocycles. The molecule has 8 heteroatoms. The van der Waals surface area contributed by atoms with Crippen LogP contribution in [0.5, 0.6) is 0 Å². The van der Waals surface area contributed by atoms with E-state index in [0.717, 1.165) is 18.2 Å². The molecule has 0 fully saturated rings. The number of fused-ring (bicyclic) bond motifs is 1. The molecular weight excluding hydrogens is 410 g/mol. The molecule has 1 amide bonds. The number of carbonyl (C=O) groups is 1. The van der Waals surface area contributed by atoms with Crippen molar-refractivity contribution in [3.05, 3.63) is 58.6 Å². The maximum atomic E-state index is 14.0. The lowest BCUT2D eigenvalue weighted by molar-refractivity contribution is -0.117. The number of benzene rings is 2. The Morgan fingerprint density at radius 1 is 1.17 bits per heavy atom. The van der Waals surface area contributed by atoms with Crippen molar-refractivity contribution in [3.63, 3.8) is 0 Å². The van der Waals surface area contributed by atoms with E-state index in [1.165, 1.54) is 11.8 Å². The Bertz CT molecular complexity index is 762. The second-order valence-corrected chi connectivity index (χ2v) is 6.48. The molecule has 0 saturated heterocycles. The quantitative estimate of drug-likeness (QED) is 0.721. The highest BCUT2D eigenvalue weighted by Crippen LogP contribution is 2.44. The summed E-state index contributed by atoms with van der Waals surface area (Å²) in [6, 6.07) is 7.08. The van der Waals surface area contributed by atoms with Gasteiger partial charge in [0.25, 0.3) is 0 Å². The summed E-state index contributed by atoms with van der Waals surface area (Å²) < 4.78 is 27.5. The van der Waals surface area contributed by atoms with E-state index < -0.39 is 28.8 Å². The first-order valence-corrected chi connectivity index (χ1v) is 7.69. The van der Waals surface area contributed by atoms with E-state index in [-0.39, 0.29) is 22.5 Å². The van der Waals surface area contributed by atoms with Gasteiger partial charge in [-0.2, -0.15) is 0 Å².